The Hall–Kier alpha value is -3.25. The third-order valence-corrected chi connectivity index (χ3v) is 7.47. The molecule has 5 rings (SSSR count). The van der Waals surface area contributed by atoms with Crippen molar-refractivity contribution in [2.75, 3.05) is 18.0 Å². The predicted octanol–water partition coefficient (Wildman–Crippen LogP) is 4.78. The van der Waals surface area contributed by atoms with E-state index in [1.165, 1.54) is 12.0 Å². The molecule has 1 atom stereocenters. The van der Waals surface area contributed by atoms with E-state index in [4.69, 9.17) is 0 Å². The van der Waals surface area contributed by atoms with Gasteiger partial charge in [-0.25, -0.2) is 0 Å². The number of nitrogens with zero attached hydrogens (tertiary/aromatic N) is 4. The van der Waals surface area contributed by atoms with Crippen molar-refractivity contribution in [1.29, 1.82) is 0 Å². The van der Waals surface area contributed by atoms with Crippen molar-refractivity contribution < 1.29 is 9.59 Å². The molecule has 35 heavy (non-hydrogen) atoms. The molecule has 182 valence electrons. The Labute approximate surface area is 207 Å². The summed E-state index contributed by atoms with van der Waals surface area (Å²) in [5.41, 5.74) is 5.10. The highest BCUT2D eigenvalue weighted by Crippen LogP contribution is 2.43. The van der Waals surface area contributed by atoms with Gasteiger partial charge in [0.15, 0.2) is 0 Å². The first-order valence-corrected chi connectivity index (χ1v) is 12.7. The molecule has 6 nitrogen and oxygen atoms in total. The zero-order chi connectivity index (χ0) is 24.4. The standard InChI is InChI=1S/C29H34N4O2/c1-3-10-21(2)17-32(27(34)20-31-18-22-11-9-16-30-25(22)19-31)28-24-14-7-8-15-26(24)33(29(28)35)23-12-5-4-6-13-23/h3,7-11,14-16,23,28H,1,4-6,12-13,17-20H2,2H3/b21-10+. The van der Waals surface area contributed by atoms with Crippen LogP contribution in [-0.4, -0.2) is 45.7 Å². The summed E-state index contributed by atoms with van der Waals surface area (Å²) in [7, 11) is 0. The molecule has 0 bridgehead atoms. The van der Waals surface area contributed by atoms with Crippen molar-refractivity contribution >= 4 is 17.5 Å². The zero-order valence-corrected chi connectivity index (χ0v) is 20.5. The summed E-state index contributed by atoms with van der Waals surface area (Å²) in [6.45, 7) is 7.81. The van der Waals surface area contributed by atoms with Gasteiger partial charge in [-0.05, 0) is 37.5 Å². The lowest BCUT2D eigenvalue weighted by Gasteiger charge is -2.34. The topological polar surface area (TPSA) is 56.8 Å². The van der Waals surface area contributed by atoms with E-state index in [1.807, 2.05) is 48.2 Å². The molecule has 0 radical (unpaired) electrons. The molecular weight excluding hydrogens is 436 g/mol. The summed E-state index contributed by atoms with van der Waals surface area (Å²) in [6.07, 6.45) is 11.0. The fourth-order valence-corrected chi connectivity index (χ4v) is 5.84. The highest BCUT2D eigenvalue weighted by molar-refractivity contribution is 6.06. The van der Waals surface area contributed by atoms with Gasteiger partial charge in [0, 0.05) is 43.1 Å². The maximum atomic E-state index is 14.0. The van der Waals surface area contributed by atoms with E-state index in [9.17, 15) is 9.59 Å². The van der Waals surface area contributed by atoms with Crippen LogP contribution in [0.2, 0.25) is 0 Å². The maximum absolute atomic E-state index is 14.0. The van der Waals surface area contributed by atoms with E-state index in [2.05, 4.69) is 22.5 Å². The molecule has 0 spiro atoms. The number of pyridine rings is 1. The molecule has 1 saturated carbocycles. The van der Waals surface area contributed by atoms with E-state index < -0.39 is 6.04 Å². The van der Waals surface area contributed by atoms with Crippen molar-refractivity contribution in [3.05, 3.63) is 83.7 Å². The second-order valence-corrected chi connectivity index (χ2v) is 9.99. The van der Waals surface area contributed by atoms with Crippen molar-refractivity contribution in [2.45, 2.75) is 64.2 Å². The van der Waals surface area contributed by atoms with Gasteiger partial charge in [-0.3, -0.25) is 19.5 Å². The number of rotatable bonds is 7. The maximum Gasteiger partial charge on any atom is 0.254 e. The Balaban J connectivity index is 1.44. The minimum absolute atomic E-state index is 0.0317. The largest absolute Gasteiger partial charge is 0.321 e. The van der Waals surface area contributed by atoms with Crippen LogP contribution in [-0.2, 0) is 22.7 Å². The third-order valence-electron chi connectivity index (χ3n) is 7.47. The monoisotopic (exact) mass is 470 g/mol. The zero-order valence-electron chi connectivity index (χ0n) is 20.5. The molecule has 1 aromatic carbocycles. The van der Waals surface area contributed by atoms with Gasteiger partial charge in [0.2, 0.25) is 5.91 Å². The van der Waals surface area contributed by atoms with Crippen molar-refractivity contribution in [3.63, 3.8) is 0 Å². The summed E-state index contributed by atoms with van der Waals surface area (Å²) in [5.74, 6) is -0.00232. The Kier molecular flexibility index (Phi) is 6.82. The van der Waals surface area contributed by atoms with Gasteiger partial charge in [-0.15, -0.1) is 0 Å². The molecule has 3 heterocycles. The van der Waals surface area contributed by atoms with Crippen LogP contribution in [0.1, 0.15) is 61.9 Å². The van der Waals surface area contributed by atoms with Crippen molar-refractivity contribution in [2.24, 2.45) is 0 Å². The number of hydrogen-bond acceptors (Lipinski definition) is 4. The van der Waals surface area contributed by atoms with Gasteiger partial charge >= 0.3 is 0 Å². The molecule has 1 aliphatic carbocycles. The second-order valence-electron chi connectivity index (χ2n) is 9.99. The minimum Gasteiger partial charge on any atom is -0.321 e. The first-order chi connectivity index (χ1) is 17.1. The minimum atomic E-state index is -0.600. The fraction of sp³-hybridized carbons (Fsp3) is 0.414. The number of hydrogen-bond donors (Lipinski definition) is 0. The van der Waals surface area contributed by atoms with Gasteiger partial charge in [0.05, 0.1) is 12.2 Å². The molecule has 1 unspecified atom stereocenters. The number of amides is 2. The first-order valence-electron chi connectivity index (χ1n) is 12.7. The van der Waals surface area contributed by atoms with Crippen molar-refractivity contribution in [1.82, 2.24) is 14.8 Å². The lowest BCUT2D eigenvalue weighted by atomic mass is 9.94. The summed E-state index contributed by atoms with van der Waals surface area (Å²) >= 11 is 0. The number of benzene rings is 1. The molecule has 2 aromatic rings. The number of allylic oxidation sites excluding steroid dienone is 2. The summed E-state index contributed by atoms with van der Waals surface area (Å²) in [6, 6.07) is 11.6. The number of fused-ring (bicyclic) bond motifs is 2. The van der Waals surface area contributed by atoms with Crippen LogP contribution >= 0.6 is 0 Å². The summed E-state index contributed by atoms with van der Waals surface area (Å²) in [4.78, 5) is 38.3. The van der Waals surface area contributed by atoms with Gasteiger partial charge in [-0.1, -0.05) is 67.8 Å². The number of carbonyl (C=O) groups excluding carboxylic acids is 2. The van der Waals surface area contributed by atoms with E-state index in [-0.39, 0.29) is 24.4 Å². The predicted molar refractivity (Wildman–Crippen MR) is 138 cm³/mol. The lowest BCUT2D eigenvalue weighted by Crippen LogP contribution is -2.47. The van der Waals surface area contributed by atoms with Crippen LogP contribution < -0.4 is 4.90 Å². The SMILES string of the molecule is C=C/C=C(\C)CN(C(=O)CN1Cc2cccnc2C1)C1C(=O)N(C2CCCCC2)c2ccccc21. The fourth-order valence-electron chi connectivity index (χ4n) is 5.84. The second kappa shape index (κ2) is 10.2. The average molecular weight is 471 g/mol. The van der Waals surface area contributed by atoms with Crippen LogP contribution in [0.3, 0.4) is 0 Å². The van der Waals surface area contributed by atoms with E-state index in [1.54, 1.807) is 17.2 Å². The Morgan fingerprint density at radius 2 is 1.94 bits per heavy atom. The highest BCUT2D eigenvalue weighted by atomic mass is 16.2. The number of para-hydroxylation sites is 1. The molecule has 3 aliphatic rings. The molecule has 0 N–H and O–H groups in total. The van der Waals surface area contributed by atoms with Gasteiger partial charge in [0.25, 0.3) is 5.91 Å². The molecular formula is C29H34N4O2. The molecule has 2 amide bonds. The molecule has 1 fully saturated rings. The number of aromatic nitrogens is 1. The number of carbonyl (C=O) groups is 2. The lowest BCUT2D eigenvalue weighted by molar-refractivity contribution is -0.140. The van der Waals surface area contributed by atoms with Gasteiger partial charge in [0.1, 0.15) is 6.04 Å². The molecule has 0 saturated heterocycles. The van der Waals surface area contributed by atoms with Crippen LogP contribution in [0.4, 0.5) is 5.69 Å². The Morgan fingerprint density at radius 1 is 1.14 bits per heavy atom. The Bertz CT molecular complexity index is 1130. The quantitative estimate of drug-likeness (QED) is 0.547. The number of anilines is 1. The average Bonchev–Trinajstić information content (AvgIpc) is 3.40. The van der Waals surface area contributed by atoms with Crippen LogP contribution in [0, 0.1) is 0 Å². The Morgan fingerprint density at radius 3 is 2.71 bits per heavy atom. The van der Waals surface area contributed by atoms with Crippen LogP contribution in [0.5, 0.6) is 0 Å². The van der Waals surface area contributed by atoms with E-state index >= 15 is 0 Å². The summed E-state index contributed by atoms with van der Waals surface area (Å²) < 4.78 is 0. The smallest absolute Gasteiger partial charge is 0.254 e. The summed E-state index contributed by atoms with van der Waals surface area (Å²) in [5, 5.41) is 0. The van der Waals surface area contributed by atoms with E-state index in [0.29, 0.717) is 19.6 Å². The normalized spacial score (nSPS) is 20.6. The molecule has 6 heteroatoms. The highest BCUT2D eigenvalue weighted by Gasteiger charge is 2.45. The van der Waals surface area contributed by atoms with Gasteiger partial charge < -0.3 is 9.80 Å². The van der Waals surface area contributed by atoms with E-state index in [0.717, 1.165) is 48.2 Å². The third kappa shape index (κ3) is 4.67. The first kappa shape index (κ1) is 23.5. The van der Waals surface area contributed by atoms with Crippen molar-refractivity contribution in [3.8, 4) is 0 Å². The van der Waals surface area contributed by atoms with Crippen LogP contribution in [0.15, 0.2) is 66.9 Å². The van der Waals surface area contributed by atoms with Gasteiger partial charge in [-0.2, -0.15) is 0 Å². The van der Waals surface area contributed by atoms with Crippen LogP contribution in [0.25, 0.3) is 0 Å². The molecule has 1 aromatic heterocycles. The molecule has 2 aliphatic heterocycles.